The first kappa shape index (κ1) is 14.7. The molecular formula is C15H18F2N2O. The fourth-order valence-electron chi connectivity index (χ4n) is 2.83. The highest BCUT2D eigenvalue weighted by atomic mass is 19.1. The molecule has 0 saturated heterocycles. The van der Waals surface area contributed by atoms with Gasteiger partial charge in [-0.05, 0) is 36.8 Å². The summed E-state index contributed by atoms with van der Waals surface area (Å²) in [4.78, 5) is 0. The van der Waals surface area contributed by atoms with Crippen molar-refractivity contribution < 1.29 is 13.9 Å². The number of hydrogen-bond donors (Lipinski definition) is 2. The van der Waals surface area contributed by atoms with E-state index in [0.717, 1.165) is 37.8 Å². The first-order chi connectivity index (χ1) is 9.65. The molecule has 0 bridgehead atoms. The number of nitriles is 1. The lowest BCUT2D eigenvalue weighted by Gasteiger charge is -2.30. The summed E-state index contributed by atoms with van der Waals surface area (Å²) >= 11 is 0. The summed E-state index contributed by atoms with van der Waals surface area (Å²) in [6.45, 7) is 0.551. The van der Waals surface area contributed by atoms with Crippen LogP contribution in [0.3, 0.4) is 0 Å². The Morgan fingerprint density at radius 2 is 1.80 bits per heavy atom. The van der Waals surface area contributed by atoms with Gasteiger partial charge in [0.05, 0.1) is 11.6 Å². The van der Waals surface area contributed by atoms with Crippen molar-refractivity contribution in [2.75, 3.05) is 18.5 Å². The fraction of sp³-hybridized carbons (Fsp3) is 0.533. The molecule has 2 N–H and O–H groups in total. The zero-order valence-electron chi connectivity index (χ0n) is 11.2. The van der Waals surface area contributed by atoms with Crippen LogP contribution in [0.2, 0.25) is 0 Å². The van der Waals surface area contributed by atoms with E-state index in [2.05, 4.69) is 5.32 Å². The Labute approximate surface area is 117 Å². The summed E-state index contributed by atoms with van der Waals surface area (Å²) in [6.07, 6.45) is 4.10. The molecule has 0 aliphatic heterocycles. The van der Waals surface area contributed by atoms with Crippen molar-refractivity contribution in [3.05, 3.63) is 29.3 Å². The minimum atomic E-state index is -0.752. The summed E-state index contributed by atoms with van der Waals surface area (Å²) in [7, 11) is 0. The molecule has 1 saturated carbocycles. The zero-order chi connectivity index (χ0) is 14.5. The van der Waals surface area contributed by atoms with Gasteiger partial charge in [0.15, 0.2) is 11.6 Å². The van der Waals surface area contributed by atoms with E-state index < -0.39 is 11.6 Å². The van der Waals surface area contributed by atoms with Crippen molar-refractivity contribution >= 4 is 5.69 Å². The van der Waals surface area contributed by atoms with Gasteiger partial charge in [0, 0.05) is 13.2 Å². The van der Waals surface area contributed by atoms with Crippen LogP contribution >= 0.6 is 0 Å². The van der Waals surface area contributed by atoms with E-state index in [1.165, 1.54) is 0 Å². The number of nitrogens with one attached hydrogen (secondary N) is 1. The van der Waals surface area contributed by atoms with Crippen LogP contribution in [0.4, 0.5) is 14.5 Å². The van der Waals surface area contributed by atoms with Gasteiger partial charge >= 0.3 is 0 Å². The Morgan fingerprint density at radius 3 is 2.35 bits per heavy atom. The number of aliphatic hydroxyl groups excluding tert-OH is 1. The largest absolute Gasteiger partial charge is 0.396 e. The second-order valence-corrected chi connectivity index (χ2v) is 5.29. The molecule has 0 heterocycles. The minimum Gasteiger partial charge on any atom is -0.396 e. The van der Waals surface area contributed by atoms with Crippen LogP contribution in [0, 0.1) is 34.8 Å². The summed E-state index contributed by atoms with van der Waals surface area (Å²) in [5.41, 5.74) is -0.220. The molecule has 1 fully saturated rings. The third-order valence-corrected chi connectivity index (χ3v) is 4.01. The van der Waals surface area contributed by atoms with Gasteiger partial charge in [0.25, 0.3) is 0 Å². The van der Waals surface area contributed by atoms with E-state index in [-0.39, 0.29) is 29.7 Å². The van der Waals surface area contributed by atoms with Crippen molar-refractivity contribution in [2.24, 2.45) is 11.8 Å². The fourth-order valence-corrected chi connectivity index (χ4v) is 2.83. The Hall–Kier alpha value is -1.67. The molecule has 0 radical (unpaired) electrons. The Bertz CT molecular complexity index is 490. The number of benzene rings is 1. The number of nitrogens with zero attached hydrogens (tertiary/aromatic N) is 1. The monoisotopic (exact) mass is 280 g/mol. The zero-order valence-corrected chi connectivity index (χ0v) is 11.2. The number of aliphatic hydroxyl groups is 1. The molecule has 0 spiro atoms. The predicted molar refractivity (Wildman–Crippen MR) is 72.1 cm³/mol. The molecule has 0 aromatic heterocycles. The molecule has 5 heteroatoms. The second-order valence-electron chi connectivity index (χ2n) is 5.29. The lowest BCUT2D eigenvalue weighted by Crippen LogP contribution is -2.29. The van der Waals surface area contributed by atoms with E-state index in [4.69, 9.17) is 5.26 Å². The van der Waals surface area contributed by atoms with E-state index in [0.29, 0.717) is 6.54 Å². The van der Waals surface area contributed by atoms with Gasteiger partial charge in [0.2, 0.25) is 0 Å². The van der Waals surface area contributed by atoms with Crippen LogP contribution in [0.15, 0.2) is 12.1 Å². The lowest BCUT2D eigenvalue weighted by molar-refractivity contribution is 0.141. The van der Waals surface area contributed by atoms with Crippen LogP contribution in [-0.4, -0.2) is 18.3 Å². The molecule has 1 aliphatic carbocycles. The molecule has 2 rings (SSSR count). The van der Waals surface area contributed by atoms with Gasteiger partial charge in [-0.1, -0.05) is 12.8 Å². The Kier molecular flexibility index (Phi) is 4.91. The average molecular weight is 280 g/mol. The SMILES string of the molecule is N#Cc1cc(F)c(NCC2CCCCC2CO)c(F)c1. The first-order valence-electron chi connectivity index (χ1n) is 6.89. The third kappa shape index (κ3) is 3.26. The molecule has 1 aromatic rings. The van der Waals surface area contributed by atoms with Gasteiger partial charge in [-0.3, -0.25) is 0 Å². The summed E-state index contributed by atoms with van der Waals surface area (Å²) in [5.74, 6) is -1.08. The number of anilines is 1. The minimum absolute atomic E-state index is 0.0311. The van der Waals surface area contributed by atoms with E-state index in [1.807, 2.05) is 0 Å². The highest BCUT2D eigenvalue weighted by molar-refractivity contribution is 5.50. The maximum atomic E-state index is 13.7. The van der Waals surface area contributed by atoms with Crippen LogP contribution in [0.5, 0.6) is 0 Å². The molecule has 2 unspecified atom stereocenters. The van der Waals surface area contributed by atoms with Gasteiger partial charge in [-0.2, -0.15) is 5.26 Å². The van der Waals surface area contributed by atoms with Crippen molar-refractivity contribution in [3.8, 4) is 6.07 Å². The molecule has 0 amide bonds. The second kappa shape index (κ2) is 6.67. The lowest BCUT2D eigenvalue weighted by atomic mass is 9.79. The molecule has 108 valence electrons. The Balaban J connectivity index is 2.05. The average Bonchev–Trinajstić information content (AvgIpc) is 2.46. The topological polar surface area (TPSA) is 56.0 Å². The molecule has 2 atom stereocenters. The maximum absolute atomic E-state index is 13.7. The number of halogens is 2. The smallest absolute Gasteiger partial charge is 0.150 e. The van der Waals surface area contributed by atoms with Crippen molar-refractivity contribution in [2.45, 2.75) is 25.7 Å². The van der Waals surface area contributed by atoms with Crippen LogP contribution in [0.1, 0.15) is 31.2 Å². The van der Waals surface area contributed by atoms with Gasteiger partial charge in [-0.25, -0.2) is 8.78 Å². The van der Waals surface area contributed by atoms with E-state index in [1.54, 1.807) is 6.07 Å². The van der Waals surface area contributed by atoms with Crippen molar-refractivity contribution in [1.29, 1.82) is 5.26 Å². The Morgan fingerprint density at radius 1 is 1.20 bits per heavy atom. The summed E-state index contributed by atoms with van der Waals surface area (Å²) in [5, 5.41) is 20.8. The van der Waals surface area contributed by atoms with Gasteiger partial charge < -0.3 is 10.4 Å². The summed E-state index contributed by atoms with van der Waals surface area (Å²) < 4.78 is 27.5. The quantitative estimate of drug-likeness (QED) is 0.891. The van der Waals surface area contributed by atoms with E-state index >= 15 is 0 Å². The molecule has 3 nitrogen and oxygen atoms in total. The highest BCUT2D eigenvalue weighted by Gasteiger charge is 2.24. The first-order valence-corrected chi connectivity index (χ1v) is 6.89. The molecule has 20 heavy (non-hydrogen) atoms. The standard InChI is InChI=1S/C15H18F2N2O/c16-13-5-10(7-18)6-14(17)15(13)19-8-11-3-1-2-4-12(11)9-20/h5-6,11-12,19-20H,1-4,8-9H2. The van der Waals surface area contributed by atoms with Crippen LogP contribution < -0.4 is 5.32 Å². The van der Waals surface area contributed by atoms with Crippen molar-refractivity contribution in [3.63, 3.8) is 0 Å². The predicted octanol–water partition coefficient (Wildman–Crippen LogP) is 3.05. The number of hydrogen-bond acceptors (Lipinski definition) is 3. The van der Waals surface area contributed by atoms with Gasteiger partial charge in [-0.15, -0.1) is 0 Å². The van der Waals surface area contributed by atoms with Gasteiger partial charge in [0.1, 0.15) is 5.69 Å². The van der Waals surface area contributed by atoms with E-state index in [9.17, 15) is 13.9 Å². The van der Waals surface area contributed by atoms with Crippen LogP contribution in [-0.2, 0) is 0 Å². The molecule has 1 aliphatic rings. The molecule has 1 aromatic carbocycles. The maximum Gasteiger partial charge on any atom is 0.150 e. The number of rotatable bonds is 4. The van der Waals surface area contributed by atoms with Crippen molar-refractivity contribution in [1.82, 2.24) is 0 Å². The normalized spacial score (nSPS) is 22.3. The highest BCUT2D eigenvalue weighted by Crippen LogP contribution is 2.30. The third-order valence-electron chi connectivity index (χ3n) is 4.01. The van der Waals surface area contributed by atoms with Crippen LogP contribution in [0.25, 0.3) is 0 Å². The summed E-state index contributed by atoms with van der Waals surface area (Å²) in [6, 6.07) is 3.76. The molecular weight excluding hydrogens is 262 g/mol.